The van der Waals surface area contributed by atoms with Crippen molar-refractivity contribution < 1.29 is 14.0 Å². The second-order valence-electron chi connectivity index (χ2n) is 6.14. The lowest BCUT2D eigenvalue weighted by Gasteiger charge is -2.16. The van der Waals surface area contributed by atoms with Crippen molar-refractivity contribution in [1.29, 1.82) is 0 Å². The van der Waals surface area contributed by atoms with E-state index in [2.05, 4.69) is 6.07 Å². The summed E-state index contributed by atoms with van der Waals surface area (Å²) in [6.07, 6.45) is 0.446. The van der Waals surface area contributed by atoms with Crippen molar-refractivity contribution in [1.82, 2.24) is 4.90 Å². The van der Waals surface area contributed by atoms with Gasteiger partial charge in [-0.05, 0) is 23.8 Å². The van der Waals surface area contributed by atoms with E-state index < -0.39 is 0 Å². The normalized spacial score (nSPS) is 18.0. The summed E-state index contributed by atoms with van der Waals surface area (Å²) >= 11 is 1.27. The number of carbonyl (C=O) groups is 2. The predicted octanol–water partition coefficient (Wildman–Crippen LogP) is 3.97. The van der Waals surface area contributed by atoms with Gasteiger partial charge in [-0.25, -0.2) is 0 Å². The van der Waals surface area contributed by atoms with E-state index >= 15 is 0 Å². The van der Waals surface area contributed by atoms with Gasteiger partial charge in [-0.1, -0.05) is 36.0 Å². The molecule has 24 heavy (non-hydrogen) atoms. The summed E-state index contributed by atoms with van der Waals surface area (Å²) in [5, 5.41) is 2.31. The van der Waals surface area contributed by atoms with Crippen LogP contribution in [0.4, 0.5) is 0 Å². The van der Waals surface area contributed by atoms with E-state index in [1.807, 2.05) is 41.3 Å². The van der Waals surface area contributed by atoms with Gasteiger partial charge in [-0.15, -0.1) is 0 Å². The van der Waals surface area contributed by atoms with E-state index in [0.717, 1.165) is 27.5 Å². The van der Waals surface area contributed by atoms with Gasteiger partial charge in [0.05, 0.1) is 0 Å². The number of hydrogen-bond acceptors (Lipinski definition) is 4. The van der Waals surface area contributed by atoms with Crippen molar-refractivity contribution in [2.45, 2.75) is 25.1 Å². The van der Waals surface area contributed by atoms with E-state index in [-0.39, 0.29) is 16.3 Å². The molecule has 1 saturated heterocycles. The average molecular weight is 339 g/mol. The first-order valence-corrected chi connectivity index (χ1v) is 8.83. The molecule has 1 fully saturated rings. The third kappa shape index (κ3) is 2.80. The second-order valence-corrected chi connectivity index (χ2v) is 7.62. The molecule has 1 amide bonds. The van der Waals surface area contributed by atoms with Crippen LogP contribution in [0, 0.1) is 0 Å². The Morgan fingerprint density at radius 1 is 1.21 bits per heavy atom. The van der Waals surface area contributed by atoms with Crippen molar-refractivity contribution in [2.24, 2.45) is 0 Å². The molecule has 0 N–H and O–H groups in total. The van der Waals surface area contributed by atoms with Crippen LogP contribution in [0.1, 0.15) is 18.9 Å². The summed E-state index contributed by atoms with van der Waals surface area (Å²) < 4.78 is 5.84. The van der Waals surface area contributed by atoms with Gasteiger partial charge in [0.2, 0.25) is 5.91 Å². The van der Waals surface area contributed by atoms with E-state index in [0.29, 0.717) is 19.5 Å². The van der Waals surface area contributed by atoms with Crippen LogP contribution in [-0.4, -0.2) is 27.7 Å². The molecule has 2 heterocycles. The highest BCUT2D eigenvalue weighted by molar-refractivity contribution is 8.14. The molecule has 5 heteroatoms. The van der Waals surface area contributed by atoms with Crippen molar-refractivity contribution in [2.75, 3.05) is 6.54 Å². The lowest BCUT2D eigenvalue weighted by atomic mass is 10.1. The Morgan fingerprint density at radius 3 is 2.83 bits per heavy atom. The van der Waals surface area contributed by atoms with E-state index in [1.54, 1.807) is 6.92 Å². The minimum atomic E-state index is 0.0703. The van der Waals surface area contributed by atoms with Gasteiger partial charge in [-0.3, -0.25) is 9.59 Å². The fourth-order valence-corrected chi connectivity index (χ4v) is 4.24. The molecule has 1 aliphatic rings. The third-order valence-corrected chi connectivity index (χ3v) is 5.31. The highest BCUT2D eigenvalue weighted by Gasteiger charge is 2.30. The largest absolute Gasteiger partial charge is 0.456 e. The molecule has 0 spiro atoms. The van der Waals surface area contributed by atoms with Gasteiger partial charge < -0.3 is 9.32 Å². The Morgan fingerprint density at radius 2 is 2.00 bits per heavy atom. The zero-order chi connectivity index (χ0) is 16.7. The quantitative estimate of drug-likeness (QED) is 0.724. The number of hydrogen-bond donors (Lipinski definition) is 0. The molecule has 0 bridgehead atoms. The molecular formula is C19H17NO3S. The highest BCUT2D eigenvalue weighted by Crippen LogP contribution is 2.30. The Kier molecular flexibility index (Phi) is 3.81. The van der Waals surface area contributed by atoms with Gasteiger partial charge >= 0.3 is 0 Å². The Labute approximate surface area is 143 Å². The maximum Gasteiger partial charge on any atom is 0.224 e. The summed E-state index contributed by atoms with van der Waals surface area (Å²) in [4.78, 5) is 25.3. The van der Waals surface area contributed by atoms with Crippen LogP contribution in [0.5, 0.6) is 0 Å². The molecule has 122 valence electrons. The molecule has 4 nitrogen and oxygen atoms in total. The molecule has 1 unspecified atom stereocenters. The van der Waals surface area contributed by atoms with Gasteiger partial charge in [0, 0.05) is 42.5 Å². The van der Waals surface area contributed by atoms with E-state index in [4.69, 9.17) is 4.42 Å². The summed E-state index contributed by atoms with van der Waals surface area (Å²) in [5.74, 6) is 0.117. The second kappa shape index (κ2) is 5.98. The fourth-order valence-electron chi connectivity index (χ4n) is 3.29. The molecule has 0 saturated carbocycles. The van der Waals surface area contributed by atoms with Crippen LogP contribution in [0.25, 0.3) is 21.9 Å². The van der Waals surface area contributed by atoms with Crippen molar-refractivity contribution in [3.63, 3.8) is 0 Å². The first kappa shape index (κ1) is 15.3. The van der Waals surface area contributed by atoms with Crippen LogP contribution in [0.15, 0.2) is 46.9 Å². The maximum atomic E-state index is 12.2. The number of benzene rings is 2. The van der Waals surface area contributed by atoms with Crippen molar-refractivity contribution >= 4 is 44.7 Å². The Bertz CT molecular complexity index is 946. The molecular weight excluding hydrogens is 322 g/mol. The minimum absolute atomic E-state index is 0.0703. The molecule has 0 aliphatic carbocycles. The first-order chi connectivity index (χ1) is 11.6. The molecule has 1 aliphatic heterocycles. The fraction of sp³-hybridized carbons (Fsp3) is 0.263. The van der Waals surface area contributed by atoms with Gasteiger partial charge in [0.25, 0.3) is 0 Å². The standard InChI is InChI=1S/C19H17NO3S/c1-12(21)24-14-9-19(22)20(11-14)10-13-6-7-18-16(8-13)15-4-2-3-5-17(15)23-18/h2-8,14H,9-11H2,1H3. The zero-order valence-corrected chi connectivity index (χ0v) is 14.1. The SMILES string of the molecule is CC(=O)SC1CC(=O)N(Cc2ccc3oc4ccccc4c3c2)C1. The van der Waals surface area contributed by atoms with Crippen molar-refractivity contribution in [3.8, 4) is 0 Å². The van der Waals surface area contributed by atoms with Crippen LogP contribution >= 0.6 is 11.8 Å². The van der Waals surface area contributed by atoms with E-state index in [9.17, 15) is 9.59 Å². The number of rotatable bonds is 3. The summed E-state index contributed by atoms with van der Waals surface area (Å²) in [6.45, 7) is 2.76. The molecule has 0 radical (unpaired) electrons. The molecule has 1 atom stereocenters. The number of thioether (sulfide) groups is 1. The average Bonchev–Trinajstić information content (AvgIpc) is 3.07. The predicted molar refractivity (Wildman–Crippen MR) is 95.8 cm³/mol. The summed E-state index contributed by atoms with van der Waals surface area (Å²) in [7, 11) is 0. The monoisotopic (exact) mass is 339 g/mol. The van der Waals surface area contributed by atoms with Crippen LogP contribution in [-0.2, 0) is 16.1 Å². The number of furan rings is 1. The lowest BCUT2D eigenvalue weighted by Crippen LogP contribution is -2.24. The van der Waals surface area contributed by atoms with E-state index in [1.165, 1.54) is 11.8 Å². The molecule has 2 aromatic carbocycles. The molecule has 3 aromatic rings. The van der Waals surface area contributed by atoms with Crippen LogP contribution in [0.2, 0.25) is 0 Å². The smallest absolute Gasteiger partial charge is 0.224 e. The zero-order valence-electron chi connectivity index (χ0n) is 13.3. The number of amides is 1. The summed E-state index contributed by atoms with van der Waals surface area (Å²) in [5.41, 5.74) is 2.81. The third-order valence-electron chi connectivity index (χ3n) is 4.33. The lowest BCUT2D eigenvalue weighted by molar-refractivity contribution is -0.128. The maximum absolute atomic E-state index is 12.2. The Balaban J connectivity index is 1.59. The first-order valence-electron chi connectivity index (χ1n) is 7.95. The van der Waals surface area contributed by atoms with Gasteiger partial charge in [-0.2, -0.15) is 0 Å². The summed E-state index contributed by atoms with van der Waals surface area (Å²) in [6, 6.07) is 14.0. The topological polar surface area (TPSA) is 50.5 Å². The molecule has 1 aromatic heterocycles. The highest BCUT2D eigenvalue weighted by atomic mass is 32.2. The molecule has 4 rings (SSSR count). The number of fused-ring (bicyclic) bond motifs is 3. The number of nitrogens with zero attached hydrogens (tertiary/aromatic N) is 1. The number of carbonyl (C=O) groups excluding carboxylic acids is 2. The minimum Gasteiger partial charge on any atom is -0.456 e. The number of para-hydroxylation sites is 1. The Hall–Kier alpha value is -2.27. The van der Waals surface area contributed by atoms with Gasteiger partial charge in [0.15, 0.2) is 5.12 Å². The van der Waals surface area contributed by atoms with Crippen LogP contribution in [0.3, 0.4) is 0 Å². The van der Waals surface area contributed by atoms with Crippen molar-refractivity contribution in [3.05, 3.63) is 48.0 Å². The van der Waals surface area contributed by atoms with Crippen LogP contribution < -0.4 is 0 Å². The number of likely N-dealkylation sites (tertiary alicyclic amines) is 1. The van der Waals surface area contributed by atoms with Gasteiger partial charge in [0.1, 0.15) is 11.2 Å².